The summed E-state index contributed by atoms with van der Waals surface area (Å²) in [6.07, 6.45) is 1.07. The van der Waals surface area contributed by atoms with Gasteiger partial charge in [-0.3, -0.25) is 0 Å². The van der Waals surface area contributed by atoms with Crippen LogP contribution >= 0.6 is 0 Å². The summed E-state index contributed by atoms with van der Waals surface area (Å²) in [5.74, 6) is 0.862. The molecular formula is C26H30FNO. The Balaban J connectivity index is 1.72. The van der Waals surface area contributed by atoms with Gasteiger partial charge >= 0.3 is 0 Å². The Hall–Kier alpha value is -2.65. The summed E-state index contributed by atoms with van der Waals surface area (Å²) in [7, 11) is 0. The lowest BCUT2D eigenvalue weighted by Crippen LogP contribution is -2.21. The van der Waals surface area contributed by atoms with Crippen LogP contribution in [0.2, 0.25) is 0 Å². The first-order chi connectivity index (χ1) is 14.0. The van der Waals surface area contributed by atoms with Crippen molar-refractivity contribution in [2.24, 2.45) is 0 Å². The molecule has 0 radical (unpaired) electrons. The molecular weight excluding hydrogens is 361 g/mol. The van der Waals surface area contributed by atoms with E-state index < -0.39 is 0 Å². The van der Waals surface area contributed by atoms with Crippen molar-refractivity contribution in [3.05, 3.63) is 101 Å². The van der Waals surface area contributed by atoms with Crippen LogP contribution in [0.1, 0.15) is 55.8 Å². The van der Waals surface area contributed by atoms with Crippen LogP contribution in [-0.2, 0) is 0 Å². The Morgan fingerprint density at radius 2 is 1.34 bits per heavy atom. The van der Waals surface area contributed by atoms with Gasteiger partial charge in [0.15, 0.2) is 0 Å². The van der Waals surface area contributed by atoms with E-state index in [9.17, 15) is 4.39 Å². The van der Waals surface area contributed by atoms with Gasteiger partial charge in [-0.05, 0) is 74.7 Å². The summed E-state index contributed by atoms with van der Waals surface area (Å²) in [6, 6.07) is 25.9. The van der Waals surface area contributed by atoms with Crippen LogP contribution in [0, 0.1) is 5.82 Å². The van der Waals surface area contributed by atoms with Gasteiger partial charge in [0.1, 0.15) is 11.6 Å². The third-order valence-electron chi connectivity index (χ3n) is 5.11. The number of ether oxygens (including phenoxy) is 1. The Bertz CT molecular complexity index is 859. The molecule has 0 saturated heterocycles. The maximum atomic E-state index is 13.4. The Morgan fingerprint density at radius 1 is 0.759 bits per heavy atom. The zero-order chi connectivity index (χ0) is 20.6. The van der Waals surface area contributed by atoms with Gasteiger partial charge in [-0.15, -0.1) is 0 Å². The SMILES string of the molecule is CC(C)Oc1ccc(C(CCNC(C)c2ccccc2)c2ccc(F)cc2)cc1. The van der Waals surface area contributed by atoms with E-state index >= 15 is 0 Å². The van der Waals surface area contributed by atoms with E-state index in [4.69, 9.17) is 4.74 Å². The second-order valence-electron chi connectivity index (χ2n) is 7.71. The van der Waals surface area contributed by atoms with Crippen molar-refractivity contribution in [3.63, 3.8) is 0 Å². The molecule has 0 heterocycles. The summed E-state index contributed by atoms with van der Waals surface area (Å²) < 4.78 is 19.2. The second kappa shape index (κ2) is 10.2. The number of hydrogen-bond acceptors (Lipinski definition) is 2. The number of nitrogens with one attached hydrogen (secondary N) is 1. The zero-order valence-electron chi connectivity index (χ0n) is 17.4. The lowest BCUT2D eigenvalue weighted by Gasteiger charge is -2.21. The van der Waals surface area contributed by atoms with Crippen molar-refractivity contribution in [2.45, 2.75) is 45.3 Å². The summed E-state index contributed by atoms with van der Waals surface area (Å²) in [5, 5.41) is 3.62. The van der Waals surface area contributed by atoms with Gasteiger partial charge in [0.2, 0.25) is 0 Å². The van der Waals surface area contributed by atoms with E-state index in [1.165, 1.54) is 11.1 Å². The molecule has 0 fully saturated rings. The Labute approximate surface area is 173 Å². The molecule has 0 aromatic heterocycles. The number of rotatable bonds is 9. The molecule has 0 aliphatic rings. The number of hydrogen-bond donors (Lipinski definition) is 1. The largest absolute Gasteiger partial charge is 0.491 e. The molecule has 0 saturated carbocycles. The van der Waals surface area contributed by atoms with Crippen LogP contribution in [0.3, 0.4) is 0 Å². The van der Waals surface area contributed by atoms with E-state index in [0.717, 1.165) is 24.3 Å². The molecule has 29 heavy (non-hydrogen) atoms. The van der Waals surface area contributed by atoms with Crippen LogP contribution in [0.5, 0.6) is 5.75 Å². The van der Waals surface area contributed by atoms with Gasteiger partial charge in [-0.1, -0.05) is 54.6 Å². The third-order valence-corrected chi connectivity index (χ3v) is 5.11. The lowest BCUT2D eigenvalue weighted by molar-refractivity contribution is 0.242. The van der Waals surface area contributed by atoms with Crippen LogP contribution in [0.15, 0.2) is 78.9 Å². The smallest absolute Gasteiger partial charge is 0.123 e. The molecule has 0 spiro atoms. The fourth-order valence-electron chi connectivity index (χ4n) is 3.58. The molecule has 2 atom stereocenters. The molecule has 3 aromatic carbocycles. The van der Waals surface area contributed by atoms with Gasteiger partial charge in [0.05, 0.1) is 6.10 Å². The third kappa shape index (κ3) is 6.16. The van der Waals surface area contributed by atoms with Gasteiger partial charge < -0.3 is 10.1 Å². The fourth-order valence-corrected chi connectivity index (χ4v) is 3.58. The zero-order valence-corrected chi connectivity index (χ0v) is 17.4. The summed E-state index contributed by atoms with van der Waals surface area (Å²) >= 11 is 0. The van der Waals surface area contributed by atoms with Gasteiger partial charge in [0, 0.05) is 12.0 Å². The Morgan fingerprint density at radius 3 is 1.93 bits per heavy atom. The molecule has 152 valence electrons. The molecule has 3 rings (SSSR count). The van der Waals surface area contributed by atoms with Crippen molar-refractivity contribution in [2.75, 3.05) is 6.54 Å². The summed E-state index contributed by atoms with van der Waals surface area (Å²) in [6.45, 7) is 7.09. The quantitative estimate of drug-likeness (QED) is 0.450. The topological polar surface area (TPSA) is 21.3 Å². The molecule has 0 bridgehead atoms. The van der Waals surface area contributed by atoms with E-state index in [1.54, 1.807) is 12.1 Å². The standard InChI is InChI=1S/C26H30FNO/c1-19(2)29-25-15-11-23(12-16-25)26(22-9-13-24(27)14-10-22)17-18-28-20(3)21-7-5-4-6-8-21/h4-16,19-20,26,28H,17-18H2,1-3H3. The van der Waals surface area contributed by atoms with Crippen molar-refractivity contribution in [1.82, 2.24) is 5.32 Å². The fraction of sp³-hybridized carbons (Fsp3) is 0.308. The lowest BCUT2D eigenvalue weighted by atomic mass is 9.88. The minimum Gasteiger partial charge on any atom is -0.491 e. The number of benzene rings is 3. The minimum atomic E-state index is -0.205. The molecule has 1 N–H and O–H groups in total. The van der Waals surface area contributed by atoms with E-state index in [1.807, 2.05) is 44.2 Å². The predicted molar refractivity (Wildman–Crippen MR) is 118 cm³/mol. The first-order valence-electron chi connectivity index (χ1n) is 10.3. The van der Waals surface area contributed by atoms with Gasteiger partial charge in [-0.25, -0.2) is 4.39 Å². The molecule has 0 aliphatic heterocycles. The molecule has 3 heteroatoms. The van der Waals surface area contributed by atoms with E-state index in [2.05, 4.69) is 48.6 Å². The van der Waals surface area contributed by atoms with Gasteiger partial charge in [0.25, 0.3) is 0 Å². The maximum Gasteiger partial charge on any atom is 0.123 e. The highest BCUT2D eigenvalue weighted by molar-refractivity contribution is 5.36. The summed E-state index contributed by atoms with van der Waals surface area (Å²) in [4.78, 5) is 0. The van der Waals surface area contributed by atoms with Crippen LogP contribution < -0.4 is 10.1 Å². The average molecular weight is 392 g/mol. The number of halogens is 1. The predicted octanol–water partition coefficient (Wildman–Crippen LogP) is 6.49. The monoisotopic (exact) mass is 391 g/mol. The van der Waals surface area contributed by atoms with Crippen LogP contribution in [0.4, 0.5) is 4.39 Å². The molecule has 2 unspecified atom stereocenters. The first-order valence-corrected chi connectivity index (χ1v) is 10.3. The van der Waals surface area contributed by atoms with Crippen molar-refractivity contribution in [1.29, 1.82) is 0 Å². The average Bonchev–Trinajstić information content (AvgIpc) is 2.73. The summed E-state index contributed by atoms with van der Waals surface area (Å²) in [5.41, 5.74) is 3.61. The van der Waals surface area contributed by atoms with Crippen molar-refractivity contribution in [3.8, 4) is 5.75 Å². The van der Waals surface area contributed by atoms with Crippen LogP contribution in [0.25, 0.3) is 0 Å². The highest BCUT2D eigenvalue weighted by atomic mass is 19.1. The molecule has 2 nitrogen and oxygen atoms in total. The first kappa shape index (κ1) is 21.1. The second-order valence-corrected chi connectivity index (χ2v) is 7.71. The minimum absolute atomic E-state index is 0.150. The van der Waals surface area contributed by atoms with Crippen LogP contribution in [-0.4, -0.2) is 12.6 Å². The maximum absolute atomic E-state index is 13.4. The Kier molecular flexibility index (Phi) is 7.42. The van der Waals surface area contributed by atoms with Crippen molar-refractivity contribution >= 4 is 0 Å². The van der Waals surface area contributed by atoms with Gasteiger partial charge in [-0.2, -0.15) is 0 Å². The highest BCUT2D eigenvalue weighted by Crippen LogP contribution is 2.30. The molecule has 0 amide bonds. The van der Waals surface area contributed by atoms with Crippen molar-refractivity contribution < 1.29 is 9.13 Å². The molecule has 3 aromatic rings. The molecule has 0 aliphatic carbocycles. The highest BCUT2D eigenvalue weighted by Gasteiger charge is 2.15. The van der Waals surface area contributed by atoms with E-state index in [-0.39, 0.29) is 23.9 Å². The van der Waals surface area contributed by atoms with E-state index in [0.29, 0.717) is 0 Å². The normalized spacial score (nSPS) is 13.3.